The average Bonchev–Trinajstić information content (AvgIpc) is 1.83. The van der Waals surface area contributed by atoms with E-state index in [2.05, 4.69) is 0 Å². The molecular formula is C6H11O3-. The van der Waals surface area contributed by atoms with E-state index in [-0.39, 0.29) is 12.5 Å². The van der Waals surface area contributed by atoms with E-state index in [4.69, 9.17) is 4.74 Å². The van der Waals surface area contributed by atoms with Crippen LogP contribution in [0.5, 0.6) is 0 Å². The lowest BCUT2D eigenvalue weighted by atomic mass is 10.2. The Morgan fingerprint density at radius 1 is 1.78 bits per heavy atom. The molecule has 0 fully saturated rings. The summed E-state index contributed by atoms with van der Waals surface area (Å²) in [5, 5.41) is 9.85. The van der Waals surface area contributed by atoms with Crippen LogP contribution in [0.3, 0.4) is 0 Å². The zero-order valence-electron chi connectivity index (χ0n) is 5.72. The quantitative estimate of drug-likeness (QED) is 0.519. The van der Waals surface area contributed by atoms with Gasteiger partial charge in [-0.3, -0.25) is 0 Å². The molecule has 1 unspecified atom stereocenters. The van der Waals surface area contributed by atoms with Crippen LogP contribution in [-0.4, -0.2) is 19.2 Å². The number of aliphatic carboxylic acids is 1. The van der Waals surface area contributed by atoms with Crippen LogP contribution in [-0.2, 0) is 9.53 Å². The van der Waals surface area contributed by atoms with Crippen molar-refractivity contribution in [2.24, 2.45) is 0 Å². The van der Waals surface area contributed by atoms with Crippen molar-refractivity contribution in [3.63, 3.8) is 0 Å². The first-order valence-electron chi connectivity index (χ1n) is 2.89. The second kappa shape index (κ2) is 4.32. The van der Waals surface area contributed by atoms with Gasteiger partial charge in [-0.2, -0.15) is 0 Å². The van der Waals surface area contributed by atoms with Gasteiger partial charge in [0.25, 0.3) is 0 Å². The number of hydrogen-bond donors (Lipinski definition) is 0. The number of carboxylic acids is 1. The third-order valence-corrected chi connectivity index (χ3v) is 1.16. The average molecular weight is 131 g/mol. The number of carbonyl (C=O) groups excluding carboxylic acids is 1. The number of rotatable bonds is 4. The number of hydrogen-bond acceptors (Lipinski definition) is 3. The Labute approximate surface area is 54.6 Å². The largest absolute Gasteiger partial charge is 0.550 e. The van der Waals surface area contributed by atoms with Crippen molar-refractivity contribution in [1.82, 2.24) is 0 Å². The Bertz CT molecular complexity index is 90.3. The first-order chi connectivity index (χ1) is 4.16. The highest BCUT2D eigenvalue weighted by Crippen LogP contribution is 1.97. The molecule has 0 aliphatic rings. The van der Waals surface area contributed by atoms with E-state index in [9.17, 15) is 9.90 Å². The molecule has 0 heterocycles. The normalized spacial score (nSPS) is 13.1. The smallest absolute Gasteiger partial charge is 0.0546 e. The van der Waals surface area contributed by atoms with Gasteiger partial charge in [-0.25, -0.2) is 0 Å². The monoisotopic (exact) mass is 131 g/mol. The third kappa shape index (κ3) is 5.30. The molecule has 0 saturated carbocycles. The molecule has 9 heavy (non-hydrogen) atoms. The molecule has 0 saturated heterocycles. The zero-order valence-corrected chi connectivity index (χ0v) is 5.72. The Hall–Kier alpha value is -0.570. The van der Waals surface area contributed by atoms with Gasteiger partial charge in [0.15, 0.2) is 0 Å². The highest BCUT2D eigenvalue weighted by Gasteiger charge is 1.97. The molecule has 0 aromatic carbocycles. The maximum absolute atomic E-state index is 9.85. The summed E-state index contributed by atoms with van der Waals surface area (Å²) in [7, 11) is 1.56. The molecule has 0 aliphatic carbocycles. The zero-order chi connectivity index (χ0) is 7.28. The SMILES string of the molecule is COC(C)CCC(=O)[O-]. The highest BCUT2D eigenvalue weighted by atomic mass is 16.5. The summed E-state index contributed by atoms with van der Waals surface area (Å²) in [4.78, 5) is 9.85. The van der Waals surface area contributed by atoms with E-state index in [0.29, 0.717) is 6.42 Å². The second-order valence-electron chi connectivity index (χ2n) is 1.96. The molecule has 0 spiro atoms. The molecule has 0 amide bonds. The molecule has 1 atom stereocenters. The highest BCUT2D eigenvalue weighted by molar-refractivity contribution is 5.64. The van der Waals surface area contributed by atoms with E-state index < -0.39 is 5.97 Å². The van der Waals surface area contributed by atoms with Crippen molar-refractivity contribution < 1.29 is 14.6 Å². The van der Waals surface area contributed by atoms with Crippen molar-refractivity contribution in [2.75, 3.05) is 7.11 Å². The Morgan fingerprint density at radius 2 is 2.33 bits per heavy atom. The van der Waals surface area contributed by atoms with Gasteiger partial charge in [0.05, 0.1) is 6.10 Å². The van der Waals surface area contributed by atoms with E-state index in [0.717, 1.165) is 0 Å². The van der Waals surface area contributed by atoms with Crippen molar-refractivity contribution in [3.05, 3.63) is 0 Å². The first-order valence-corrected chi connectivity index (χ1v) is 2.89. The number of carboxylic acid groups (broad SMARTS) is 1. The van der Waals surface area contributed by atoms with Crippen molar-refractivity contribution >= 4 is 5.97 Å². The fourth-order valence-corrected chi connectivity index (χ4v) is 0.439. The third-order valence-electron chi connectivity index (χ3n) is 1.16. The summed E-state index contributed by atoms with van der Waals surface area (Å²) in [6.07, 6.45) is 0.622. The van der Waals surface area contributed by atoms with Crippen LogP contribution in [0.4, 0.5) is 0 Å². The lowest BCUT2D eigenvalue weighted by molar-refractivity contribution is -0.306. The van der Waals surface area contributed by atoms with Gasteiger partial charge in [0.2, 0.25) is 0 Å². The molecule has 3 heteroatoms. The predicted octanol–water partition coefficient (Wildman–Crippen LogP) is -0.449. The fraction of sp³-hybridized carbons (Fsp3) is 0.833. The molecule has 0 aromatic rings. The van der Waals surface area contributed by atoms with Crippen LogP contribution in [0.2, 0.25) is 0 Å². The standard InChI is InChI=1S/C6H12O3/c1-5(9-2)3-4-6(7)8/h5H,3-4H2,1-2H3,(H,7,8)/p-1. The summed E-state index contributed by atoms with van der Waals surface area (Å²) in [5.74, 6) is -1.01. The van der Waals surface area contributed by atoms with Crippen LogP contribution in [0.15, 0.2) is 0 Å². The van der Waals surface area contributed by atoms with Gasteiger partial charge in [-0.1, -0.05) is 0 Å². The minimum absolute atomic E-state index is 0.0166. The van der Waals surface area contributed by atoms with Gasteiger partial charge in [-0.05, 0) is 19.8 Å². The van der Waals surface area contributed by atoms with Gasteiger partial charge in [0.1, 0.15) is 0 Å². The molecular weight excluding hydrogens is 120 g/mol. The van der Waals surface area contributed by atoms with Crippen LogP contribution in [0.1, 0.15) is 19.8 Å². The van der Waals surface area contributed by atoms with E-state index >= 15 is 0 Å². The van der Waals surface area contributed by atoms with Crippen molar-refractivity contribution in [2.45, 2.75) is 25.9 Å². The summed E-state index contributed by atoms with van der Waals surface area (Å²) < 4.78 is 4.81. The summed E-state index contributed by atoms with van der Waals surface area (Å²) >= 11 is 0. The second-order valence-corrected chi connectivity index (χ2v) is 1.96. The van der Waals surface area contributed by atoms with Crippen LogP contribution in [0.25, 0.3) is 0 Å². The lowest BCUT2D eigenvalue weighted by Gasteiger charge is -2.08. The van der Waals surface area contributed by atoms with E-state index in [1.807, 2.05) is 6.92 Å². The van der Waals surface area contributed by atoms with Gasteiger partial charge in [-0.15, -0.1) is 0 Å². The molecule has 0 rings (SSSR count). The predicted molar refractivity (Wildman–Crippen MR) is 30.7 cm³/mol. The van der Waals surface area contributed by atoms with Crippen LogP contribution < -0.4 is 5.11 Å². The molecule has 3 nitrogen and oxygen atoms in total. The van der Waals surface area contributed by atoms with Crippen molar-refractivity contribution in [1.29, 1.82) is 0 Å². The molecule has 0 aliphatic heterocycles. The van der Waals surface area contributed by atoms with Crippen molar-refractivity contribution in [3.8, 4) is 0 Å². The van der Waals surface area contributed by atoms with Crippen LogP contribution >= 0.6 is 0 Å². The fourth-order valence-electron chi connectivity index (χ4n) is 0.439. The first kappa shape index (κ1) is 8.43. The molecule has 0 aromatic heterocycles. The molecule has 0 bridgehead atoms. The van der Waals surface area contributed by atoms with Gasteiger partial charge < -0.3 is 14.6 Å². The molecule has 54 valence electrons. The number of ether oxygens (including phenoxy) is 1. The summed E-state index contributed by atoms with van der Waals surface area (Å²) in [6.45, 7) is 1.82. The van der Waals surface area contributed by atoms with E-state index in [1.165, 1.54) is 0 Å². The van der Waals surface area contributed by atoms with Crippen LogP contribution in [0, 0.1) is 0 Å². The van der Waals surface area contributed by atoms with Gasteiger partial charge >= 0.3 is 0 Å². The minimum atomic E-state index is -1.01. The molecule has 0 N–H and O–H groups in total. The van der Waals surface area contributed by atoms with Gasteiger partial charge in [0, 0.05) is 13.1 Å². The van der Waals surface area contributed by atoms with E-state index in [1.54, 1.807) is 7.11 Å². The summed E-state index contributed by atoms with van der Waals surface area (Å²) in [5.41, 5.74) is 0. The minimum Gasteiger partial charge on any atom is -0.550 e. The Kier molecular flexibility index (Phi) is 4.05. The maximum Gasteiger partial charge on any atom is 0.0546 e. The Morgan fingerprint density at radius 3 is 2.67 bits per heavy atom. The number of carbonyl (C=O) groups is 1. The number of methoxy groups -OCH3 is 1. The Balaban J connectivity index is 3.16. The lowest BCUT2D eigenvalue weighted by Crippen LogP contribution is -2.23. The summed E-state index contributed by atoms with van der Waals surface area (Å²) in [6, 6.07) is 0. The molecule has 0 radical (unpaired) electrons. The maximum atomic E-state index is 9.85. The topological polar surface area (TPSA) is 49.4 Å².